The maximum absolute atomic E-state index is 0. The van der Waals surface area contributed by atoms with E-state index in [4.69, 9.17) is 0 Å². The fourth-order valence-electron chi connectivity index (χ4n) is 0. The van der Waals surface area contributed by atoms with Crippen molar-refractivity contribution in [2.45, 2.75) is 7.43 Å². The van der Waals surface area contributed by atoms with Crippen LogP contribution < -0.4 is 0 Å². The van der Waals surface area contributed by atoms with Crippen LogP contribution in [0, 0.1) is 0 Å². The largest absolute Gasteiger partial charge is 0.0776 e. The third-order valence-corrected chi connectivity index (χ3v) is 0. The van der Waals surface area contributed by atoms with Crippen molar-refractivity contribution in [3.8, 4) is 0 Å². The molecule has 0 aliphatic rings. The first-order chi connectivity index (χ1) is 0. The van der Waals surface area contributed by atoms with Crippen LogP contribution in [0.5, 0.6) is 0 Å². The minimum Gasteiger partial charge on any atom is -0.0776 e. The molecule has 0 unspecified atom stereocenters. The molecule has 3 heteroatoms. The predicted octanol–water partition coefficient (Wildman–Crippen LogP) is 0.629. The zero-order valence-electron chi connectivity index (χ0n) is 0.957. The van der Waals surface area contributed by atoms with Gasteiger partial charge < -0.3 is 0 Å². The molecule has 38 valence electrons. The zero-order chi connectivity index (χ0) is 0. The van der Waals surface area contributed by atoms with Crippen LogP contribution in [0.25, 0.3) is 0 Å². The van der Waals surface area contributed by atoms with Gasteiger partial charge in [0.2, 0.25) is 0 Å². The van der Waals surface area contributed by atoms with Crippen molar-refractivity contribution in [3.05, 3.63) is 0 Å². The molecule has 0 aromatic heterocycles. The fourth-order valence-corrected chi connectivity index (χ4v) is 0. The van der Waals surface area contributed by atoms with E-state index in [1.165, 1.54) is 0 Å². The fraction of sp³-hybridized carbons (Fsp3) is 1.00. The van der Waals surface area contributed by atoms with Gasteiger partial charge in [0.05, 0.1) is 0 Å². The Balaban J connectivity index is 0. The summed E-state index contributed by atoms with van der Waals surface area (Å²) in [6.45, 7) is 0. The van der Waals surface area contributed by atoms with Gasteiger partial charge in [-0.2, -0.15) is 0 Å². The van der Waals surface area contributed by atoms with Crippen LogP contribution in [0.4, 0.5) is 0 Å². The molecular formula is CH4AgCuFe. The summed E-state index contributed by atoms with van der Waals surface area (Å²) in [6, 6.07) is 0. The van der Waals surface area contributed by atoms with Gasteiger partial charge >= 0.3 is 0 Å². The van der Waals surface area contributed by atoms with Gasteiger partial charge in [-0.25, -0.2) is 0 Å². The number of hydrogen-bond acceptors (Lipinski definition) is 0. The molecule has 0 bridgehead atoms. The minimum atomic E-state index is 0. The molecule has 0 aromatic rings. The zero-order valence-corrected chi connectivity index (χ0v) is 4.48. The molecule has 0 atom stereocenters. The average molecular weight is 243 g/mol. The van der Waals surface area contributed by atoms with Crippen LogP contribution in [-0.2, 0) is 56.5 Å². The maximum Gasteiger partial charge on any atom is 0 e. The van der Waals surface area contributed by atoms with Crippen molar-refractivity contribution in [2.24, 2.45) is 0 Å². The van der Waals surface area contributed by atoms with Crippen LogP contribution in [-0.4, -0.2) is 0 Å². The first kappa shape index (κ1) is 41.7. The van der Waals surface area contributed by atoms with Gasteiger partial charge in [0.1, 0.15) is 0 Å². The molecule has 4 heavy (non-hydrogen) atoms. The molecule has 0 saturated heterocycles. The first-order valence-corrected chi connectivity index (χ1v) is 0. The summed E-state index contributed by atoms with van der Waals surface area (Å²) in [5.41, 5.74) is 0. The van der Waals surface area contributed by atoms with Crippen LogP contribution in [0.15, 0.2) is 0 Å². The monoisotopic (exact) mass is 242 g/mol. The smallest absolute Gasteiger partial charge is 0 e. The van der Waals surface area contributed by atoms with Gasteiger partial charge in [-0.1, -0.05) is 7.43 Å². The third-order valence-electron chi connectivity index (χ3n) is 0. The first-order valence-electron chi connectivity index (χ1n) is 0. The van der Waals surface area contributed by atoms with Gasteiger partial charge in [0.15, 0.2) is 0 Å². The molecule has 0 fully saturated rings. The van der Waals surface area contributed by atoms with Gasteiger partial charge in [0, 0.05) is 56.5 Å². The Hall–Kier alpha value is 1.78. The Kier molecular flexibility index (Phi) is 225. The molecule has 0 amide bonds. The second kappa shape index (κ2) is 21.6. The van der Waals surface area contributed by atoms with Crippen molar-refractivity contribution in [1.82, 2.24) is 0 Å². The predicted molar refractivity (Wildman–Crippen MR) is 6.73 cm³/mol. The molecule has 0 nitrogen and oxygen atoms in total. The third kappa shape index (κ3) is 9.22. The summed E-state index contributed by atoms with van der Waals surface area (Å²) in [4.78, 5) is 0. The van der Waals surface area contributed by atoms with Crippen molar-refractivity contribution >= 4 is 0 Å². The van der Waals surface area contributed by atoms with Gasteiger partial charge in [0.25, 0.3) is 0 Å². The van der Waals surface area contributed by atoms with E-state index in [2.05, 4.69) is 0 Å². The van der Waals surface area contributed by atoms with Crippen LogP contribution in [0.2, 0.25) is 0 Å². The van der Waals surface area contributed by atoms with Crippen molar-refractivity contribution in [2.75, 3.05) is 0 Å². The molecule has 2 radical (unpaired) electrons. The van der Waals surface area contributed by atoms with Crippen molar-refractivity contribution in [3.63, 3.8) is 0 Å². The average Bonchev–Trinajstić information content (AvgIpc) is 0. The molecule has 0 aliphatic heterocycles. The van der Waals surface area contributed by atoms with Gasteiger partial charge in [-0.05, 0) is 0 Å². The molecule has 0 N–H and O–H groups in total. The molecule has 0 spiro atoms. The number of rotatable bonds is 0. The summed E-state index contributed by atoms with van der Waals surface area (Å²) in [6.07, 6.45) is 0. The second-order valence-corrected chi connectivity index (χ2v) is 0. The van der Waals surface area contributed by atoms with Crippen LogP contribution in [0.3, 0.4) is 0 Å². The Morgan fingerprint density at radius 1 is 1.00 bits per heavy atom. The van der Waals surface area contributed by atoms with E-state index in [0.29, 0.717) is 0 Å². The topological polar surface area (TPSA) is 0 Å². The Morgan fingerprint density at radius 2 is 1.00 bits per heavy atom. The van der Waals surface area contributed by atoms with Gasteiger partial charge in [-0.15, -0.1) is 0 Å². The molecule has 0 saturated carbocycles. The Morgan fingerprint density at radius 3 is 1.00 bits per heavy atom. The van der Waals surface area contributed by atoms with E-state index in [1.807, 2.05) is 0 Å². The summed E-state index contributed by atoms with van der Waals surface area (Å²) in [5.74, 6) is 0. The quantitative estimate of drug-likeness (QED) is 0.547. The summed E-state index contributed by atoms with van der Waals surface area (Å²) in [5, 5.41) is 0. The van der Waals surface area contributed by atoms with Crippen molar-refractivity contribution < 1.29 is 56.5 Å². The van der Waals surface area contributed by atoms with E-state index >= 15 is 0 Å². The molecule has 0 heterocycles. The number of hydrogen-bond donors (Lipinski definition) is 0. The molecule has 0 rings (SSSR count). The summed E-state index contributed by atoms with van der Waals surface area (Å²) < 4.78 is 0. The van der Waals surface area contributed by atoms with E-state index in [9.17, 15) is 0 Å². The normalized spacial score (nSPS) is 0. The molecular weight excluding hydrogens is 239 g/mol. The SMILES string of the molecule is C.[Ag].[Cu].[Fe]. The van der Waals surface area contributed by atoms with Crippen LogP contribution in [0.1, 0.15) is 7.43 Å². The summed E-state index contributed by atoms with van der Waals surface area (Å²) in [7, 11) is 0. The Labute approximate surface area is 63.6 Å². The molecule has 0 aliphatic carbocycles. The van der Waals surface area contributed by atoms with E-state index in [0.717, 1.165) is 0 Å². The van der Waals surface area contributed by atoms with E-state index in [-0.39, 0.29) is 63.9 Å². The summed E-state index contributed by atoms with van der Waals surface area (Å²) >= 11 is 0. The maximum atomic E-state index is 0. The molecule has 0 aromatic carbocycles. The van der Waals surface area contributed by atoms with Gasteiger partial charge in [-0.3, -0.25) is 0 Å². The standard InChI is InChI=1S/CH4.Ag.Cu.Fe/h1H4;;;. The second-order valence-electron chi connectivity index (χ2n) is 0. The van der Waals surface area contributed by atoms with E-state index < -0.39 is 0 Å². The Bertz CT molecular complexity index is 8.00. The van der Waals surface area contributed by atoms with E-state index in [1.54, 1.807) is 0 Å². The van der Waals surface area contributed by atoms with Crippen molar-refractivity contribution in [1.29, 1.82) is 0 Å². The minimum absolute atomic E-state index is 0. The van der Waals surface area contributed by atoms with Crippen LogP contribution >= 0.6 is 0 Å².